The average Bonchev–Trinajstić information content (AvgIpc) is 2.40. The normalized spacial score (nSPS) is 14.3. The van der Waals surface area contributed by atoms with Gasteiger partial charge in [0.25, 0.3) is 0 Å². The van der Waals surface area contributed by atoms with Crippen molar-refractivity contribution in [2.24, 2.45) is 0 Å². The molecule has 5 nitrogen and oxygen atoms in total. The number of esters is 1. The van der Waals surface area contributed by atoms with E-state index in [-0.39, 0.29) is 12.0 Å². The first kappa shape index (κ1) is 19.4. The van der Waals surface area contributed by atoms with Gasteiger partial charge in [0.2, 0.25) is 0 Å². The van der Waals surface area contributed by atoms with Gasteiger partial charge in [0.1, 0.15) is 5.54 Å². The molecule has 0 aromatic heterocycles. The minimum Gasteiger partial charge on any atom is -0.468 e. The molecule has 1 N–H and O–H groups in total. The molecular formula is C15H31NO4. The third-order valence-corrected chi connectivity index (χ3v) is 3.10. The topological polar surface area (TPSA) is 56.8 Å². The van der Waals surface area contributed by atoms with E-state index in [1.807, 2.05) is 20.8 Å². The molecule has 0 radical (unpaired) electrons. The van der Waals surface area contributed by atoms with E-state index in [4.69, 9.17) is 14.2 Å². The van der Waals surface area contributed by atoms with Gasteiger partial charge in [0.05, 0.1) is 7.11 Å². The lowest BCUT2D eigenvalue weighted by Gasteiger charge is -2.30. The Morgan fingerprint density at radius 3 is 2.30 bits per heavy atom. The Morgan fingerprint density at radius 1 is 1.10 bits per heavy atom. The molecule has 0 fully saturated rings. The van der Waals surface area contributed by atoms with Gasteiger partial charge in [-0.05, 0) is 46.5 Å². The van der Waals surface area contributed by atoms with Crippen molar-refractivity contribution in [3.8, 4) is 0 Å². The zero-order valence-corrected chi connectivity index (χ0v) is 13.7. The largest absolute Gasteiger partial charge is 0.468 e. The SMILES string of the molecule is COCCCOCCCCC(C)(NC(C)C)C(=O)OC. The highest BCUT2D eigenvalue weighted by Crippen LogP contribution is 2.17. The van der Waals surface area contributed by atoms with Crippen LogP contribution in [0.25, 0.3) is 0 Å². The van der Waals surface area contributed by atoms with E-state index in [9.17, 15) is 4.79 Å². The van der Waals surface area contributed by atoms with Gasteiger partial charge < -0.3 is 14.2 Å². The van der Waals surface area contributed by atoms with Gasteiger partial charge in [-0.25, -0.2) is 0 Å². The van der Waals surface area contributed by atoms with Crippen molar-refractivity contribution in [3.63, 3.8) is 0 Å². The molecule has 0 aliphatic carbocycles. The second-order valence-corrected chi connectivity index (χ2v) is 5.54. The van der Waals surface area contributed by atoms with E-state index in [0.717, 1.165) is 45.5 Å². The Kier molecular flexibility index (Phi) is 10.7. The molecule has 0 aromatic carbocycles. The quantitative estimate of drug-likeness (QED) is 0.440. The fourth-order valence-electron chi connectivity index (χ4n) is 2.19. The third kappa shape index (κ3) is 8.51. The first-order chi connectivity index (χ1) is 9.46. The minimum atomic E-state index is -0.612. The van der Waals surface area contributed by atoms with E-state index >= 15 is 0 Å². The fourth-order valence-corrected chi connectivity index (χ4v) is 2.19. The molecule has 0 saturated heterocycles. The van der Waals surface area contributed by atoms with Crippen LogP contribution in [-0.4, -0.2) is 51.6 Å². The summed E-state index contributed by atoms with van der Waals surface area (Å²) in [5.74, 6) is -0.202. The van der Waals surface area contributed by atoms with Crippen LogP contribution in [0.3, 0.4) is 0 Å². The van der Waals surface area contributed by atoms with Crippen LogP contribution < -0.4 is 5.32 Å². The number of carbonyl (C=O) groups is 1. The summed E-state index contributed by atoms with van der Waals surface area (Å²) in [6.45, 7) is 8.15. The van der Waals surface area contributed by atoms with Crippen LogP contribution in [0.5, 0.6) is 0 Å². The molecule has 0 aliphatic rings. The second-order valence-electron chi connectivity index (χ2n) is 5.54. The van der Waals surface area contributed by atoms with Crippen LogP contribution >= 0.6 is 0 Å². The highest BCUT2D eigenvalue weighted by Gasteiger charge is 2.33. The Morgan fingerprint density at radius 2 is 1.75 bits per heavy atom. The highest BCUT2D eigenvalue weighted by molar-refractivity contribution is 5.80. The van der Waals surface area contributed by atoms with E-state index in [1.54, 1.807) is 7.11 Å². The van der Waals surface area contributed by atoms with Gasteiger partial charge in [-0.2, -0.15) is 0 Å². The predicted octanol–water partition coefficient (Wildman–Crippen LogP) is 2.14. The average molecular weight is 289 g/mol. The number of hydrogen-bond acceptors (Lipinski definition) is 5. The Labute approximate surface area is 123 Å². The van der Waals surface area contributed by atoms with Crippen molar-refractivity contribution in [2.45, 2.75) is 58.0 Å². The van der Waals surface area contributed by atoms with Gasteiger partial charge >= 0.3 is 5.97 Å². The first-order valence-corrected chi connectivity index (χ1v) is 7.39. The second kappa shape index (κ2) is 11.1. The summed E-state index contributed by atoms with van der Waals surface area (Å²) in [4.78, 5) is 11.9. The van der Waals surface area contributed by atoms with Crippen molar-refractivity contribution in [1.29, 1.82) is 0 Å². The van der Waals surface area contributed by atoms with Gasteiger partial charge in [0, 0.05) is 33.0 Å². The van der Waals surface area contributed by atoms with Crippen LogP contribution in [0.2, 0.25) is 0 Å². The molecule has 5 heteroatoms. The Balaban J connectivity index is 3.88. The summed E-state index contributed by atoms with van der Waals surface area (Å²) >= 11 is 0. The number of carbonyl (C=O) groups excluding carboxylic acids is 1. The van der Waals surface area contributed by atoms with Gasteiger partial charge in [0.15, 0.2) is 0 Å². The summed E-state index contributed by atoms with van der Waals surface area (Å²) in [5, 5.41) is 3.29. The standard InChI is InChI=1S/C15H31NO4/c1-13(2)16-15(3,14(17)19-5)9-6-7-11-20-12-8-10-18-4/h13,16H,6-12H2,1-5H3. The maximum absolute atomic E-state index is 11.9. The third-order valence-electron chi connectivity index (χ3n) is 3.10. The van der Waals surface area contributed by atoms with E-state index in [1.165, 1.54) is 7.11 Å². The molecule has 0 rings (SSSR count). The van der Waals surface area contributed by atoms with E-state index in [0.29, 0.717) is 0 Å². The molecule has 20 heavy (non-hydrogen) atoms. The Hall–Kier alpha value is -0.650. The van der Waals surface area contributed by atoms with Crippen LogP contribution in [-0.2, 0) is 19.0 Å². The number of ether oxygens (including phenoxy) is 3. The van der Waals surface area contributed by atoms with Crippen molar-refractivity contribution >= 4 is 5.97 Å². The molecule has 0 spiro atoms. The lowest BCUT2D eigenvalue weighted by Crippen LogP contribution is -2.52. The number of unbranched alkanes of at least 4 members (excludes halogenated alkanes) is 1. The summed E-state index contributed by atoms with van der Waals surface area (Å²) < 4.78 is 15.3. The zero-order valence-electron chi connectivity index (χ0n) is 13.7. The van der Waals surface area contributed by atoms with Crippen molar-refractivity contribution in [3.05, 3.63) is 0 Å². The summed E-state index contributed by atoms with van der Waals surface area (Å²) in [7, 11) is 3.12. The monoisotopic (exact) mass is 289 g/mol. The summed E-state index contributed by atoms with van der Waals surface area (Å²) in [5.41, 5.74) is -0.612. The van der Waals surface area contributed by atoms with Crippen molar-refractivity contribution in [2.75, 3.05) is 34.0 Å². The number of nitrogens with one attached hydrogen (secondary N) is 1. The lowest BCUT2D eigenvalue weighted by molar-refractivity contribution is -0.148. The van der Waals surface area contributed by atoms with Crippen molar-refractivity contribution in [1.82, 2.24) is 5.32 Å². The number of methoxy groups -OCH3 is 2. The van der Waals surface area contributed by atoms with E-state index in [2.05, 4.69) is 5.32 Å². The van der Waals surface area contributed by atoms with Gasteiger partial charge in [-0.15, -0.1) is 0 Å². The molecule has 0 heterocycles. The smallest absolute Gasteiger partial charge is 0.325 e. The molecule has 0 aliphatic heterocycles. The summed E-state index contributed by atoms with van der Waals surface area (Å²) in [6, 6.07) is 0.240. The van der Waals surface area contributed by atoms with Crippen LogP contribution in [0.15, 0.2) is 0 Å². The molecule has 0 bridgehead atoms. The maximum atomic E-state index is 11.9. The first-order valence-electron chi connectivity index (χ1n) is 7.39. The zero-order chi connectivity index (χ0) is 15.4. The van der Waals surface area contributed by atoms with Gasteiger partial charge in [-0.3, -0.25) is 10.1 Å². The van der Waals surface area contributed by atoms with Gasteiger partial charge in [-0.1, -0.05) is 0 Å². The molecular weight excluding hydrogens is 258 g/mol. The molecule has 0 amide bonds. The number of rotatable bonds is 12. The van der Waals surface area contributed by atoms with Crippen molar-refractivity contribution < 1.29 is 19.0 Å². The molecule has 120 valence electrons. The molecule has 0 saturated carbocycles. The van der Waals surface area contributed by atoms with E-state index < -0.39 is 5.54 Å². The Bertz CT molecular complexity index is 258. The maximum Gasteiger partial charge on any atom is 0.325 e. The highest BCUT2D eigenvalue weighted by atomic mass is 16.5. The van der Waals surface area contributed by atoms with Crippen LogP contribution in [0.1, 0.15) is 46.5 Å². The fraction of sp³-hybridized carbons (Fsp3) is 0.933. The lowest BCUT2D eigenvalue weighted by atomic mass is 9.94. The van der Waals surface area contributed by atoms with Crippen LogP contribution in [0.4, 0.5) is 0 Å². The molecule has 1 atom stereocenters. The minimum absolute atomic E-state index is 0.202. The molecule has 0 aromatic rings. The summed E-state index contributed by atoms with van der Waals surface area (Å²) in [6.07, 6.45) is 3.54. The van der Waals surface area contributed by atoms with Crippen LogP contribution in [0, 0.1) is 0 Å². The predicted molar refractivity (Wildman–Crippen MR) is 79.9 cm³/mol. The molecule has 1 unspecified atom stereocenters. The number of hydrogen-bond donors (Lipinski definition) is 1.